The van der Waals surface area contributed by atoms with Gasteiger partial charge in [-0.3, -0.25) is 9.59 Å². The minimum atomic E-state index is -0.863. The van der Waals surface area contributed by atoms with Gasteiger partial charge in [-0.05, 0) is 37.8 Å². The molecule has 1 aromatic heterocycles. The van der Waals surface area contributed by atoms with Crippen molar-refractivity contribution in [2.24, 2.45) is 17.8 Å². The molecule has 4 nitrogen and oxygen atoms in total. The lowest BCUT2D eigenvalue weighted by molar-refractivity contribution is -0.146. The first-order valence-electron chi connectivity index (χ1n) is 7.20. The zero-order valence-corrected chi connectivity index (χ0v) is 13.7. The summed E-state index contributed by atoms with van der Waals surface area (Å²) in [6.07, 6.45) is 2.18. The summed E-state index contributed by atoms with van der Waals surface area (Å²) in [5.41, 5.74) is 0. The van der Waals surface area contributed by atoms with Crippen LogP contribution in [0.3, 0.4) is 0 Å². The molecule has 1 aliphatic carbocycles. The van der Waals surface area contributed by atoms with Gasteiger partial charge in [-0.2, -0.15) is 0 Å². The van der Waals surface area contributed by atoms with Gasteiger partial charge in [0.2, 0.25) is 5.91 Å². The Labute approximate surface area is 133 Å². The number of nitrogens with one attached hydrogen (secondary N) is 1. The minimum Gasteiger partial charge on any atom is -0.481 e. The van der Waals surface area contributed by atoms with Crippen molar-refractivity contribution in [1.29, 1.82) is 0 Å². The molecule has 0 aliphatic heterocycles. The standard InChI is InChI=1S/C15H20ClNO3S/c1-3-9-6-10(11(7-9)15(19)20)14(18)17-8(2)12-4-5-13(16)21-12/h4-5,8-11H,3,6-7H2,1-2H3,(H,17,18)(H,19,20)/t8?,9?,10-,11+/m0/s1. The van der Waals surface area contributed by atoms with Gasteiger partial charge in [0.05, 0.1) is 22.2 Å². The fourth-order valence-electron chi connectivity index (χ4n) is 2.99. The molecule has 0 bridgehead atoms. The van der Waals surface area contributed by atoms with E-state index in [0.717, 1.165) is 11.3 Å². The summed E-state index contributed by atoms with van der Waals surface area (Å²) in [6.45, 7) is 3.93. The monoisotopic (exact) mass is 329 g/mol. The van der Waals surface area contributed by atoms with Crippen LogP contribution in [0, 0.1) is 17.8 Å². The maximum atomic E-state index is 12.4. The molecule has 1 saturated carbocycles. The SMILES string of the molecule is CCC1C[C@H](C(=O)NC(C)c2ccc(Cl)s2)[C@H](C(=O)O)C1. The first-order chi connectivity index (χ1) is 9.92. The molecule has 1 fully saturated rings. The first-order valence-corrected chi connectivity index (χ1v) is 8.40. The Morgan fingerprint density at radius 3 is 2.62 bits per heavy atom. The van der Waals surface area contributed by atoms with Gasteiger partial charge in [0, 0.05) is 4.88 Å². The Morgan fingerprint density at radius 1 is 1.43 bits per heavy atom. The molecule has 4 atom stereocenters. The molecule has 21 heavy (non-hydrogen) atoms. The molecule has 0 spiro atoms. The largest absolute Gasteiger partial charge is 0.481 e. The van der Waals surface area contributed by atoms with Crippen LogP contribution in [-0.2, 0) is 9.59 Å². The van der Waals surface area contributed by atoms with Crippen molar-refractivity contribution in [2.45, 2.75) is 39.2 Å². The highest BCUT2D eigenvalue weighted by molar-refractivity contribution is 7.16. The van der Waals surface area contributed by atoms with Crippen LogP contribution < -0.4 is 5.32 Å². The number of aliphatic carboxylic acids is 1. The van der Waals surface area contributed by atoms with E-state index >= 15 is 0 Å². The van der Waals surface area contributed by atoms with Crippen molar-refractivity contribution in [3.05, 3.63) is 21.3 Å². The van der Waals surface area contributed by atoms with Crippen LogP contribution in [0.5, 0.6) is 0 Å². The number of carbonyl (C=O) groups is 2. The molecule has 1 aromatic rings. The highest BCUT2D eigenvalue weighted by Crippen LogP contribution is 2.39. The Balaban J connectivity index is 2.03. The van der Waals surface area contributed by atoms with Crippen molar-refractivity contribution < 1.29 is 14.7 Å². The van der Waals surface area contributed by atoms with Crippen LogP contribution in [0.25, 0.3) is 0 Å². The summed E-state index contributed by atoms with van der Waals surface area (Å²) in [7, 11) is 0. The molecule has 2 unspecified atom stereocenters. The first kappa shape index (κ1) is 16.3. The van der Waals surface area contributed by atoms with E-state index in [9.17, 15) is 14.7 Å². The van der Waals surface area contributed by atoms with Crippen LogP contribution in [0.2, 0.25) is 4.34 Å². The molecule has 116 valence electrons. The fraction of sp³-hybridized carbons (Fsp3) is 0.600. The normalized spacial score (nSPS) is 26.5. The maximum absolute atomic E-state index is 12.4. The number of thiophene rings is 1. The number of halogens is 1. The van der Waals surface area contributed by atoms with E-state index in [0.29, 0.717) is 23.1 Å². The maximum Gasteiger partial charge on any atom is 0.307 e. The average molecular weight is 330 g/mol. The van der Waals surface area contributed by atoms with Crippen molar-refractivity contribution >= 4 is 34.8 Å². The Morgan fingerprint density at radius 2 is 2.10 bits per heavy atom. The van der Waals surface area contributed by atoms with Gasteiger partial charge in [0.1, 0.15) is 0 Å². The van der Waals surface area contributed by atoms with Gasteiger partial charge < -0.3 is 10.4 Å². The number of rotatable bonds is 5. The Kier molecular flexibility index (Phi) is 5.27. The van der Waals surface area contributed by atoms with E-state index < -0.39 is 17.8 Å². The van der Waals surface area contributed by atoms with E-state index in [2.05, 4.69) is 5.32 Å². The van der Waals surface area contributed by atoms with Crippen LogP contribution in [-0.4, -0.2) is 17.0 Å². The molecule has 2 rings (SSSR count). The number of carboxylic acids is 1. The summed E-state index contributed by atoms with van der Waals surface area (Å²) in [5, 5.41) is 12.2. The molecule has 0 saturated heterocycles. The average Bonchev–Trinajstić information content (AvgIpc) is 3.04. The predicted octanol–water partition coefficient (Wildman–Crippen LogP) is 3.72. The molecular formula is C15H20ClNO3S. The quantitative estimate of drug-likeness (QED) is 0.865. The number of amides is 1. The summed E-state index contributed by atoms with van der Waals surface area (Å²) in [6, 6.07) is 3.54. The summed E-state index contributed by atoms with van der Waals surface area (Å²) >= 11 is 7.33. The second-order valence-corrected chi connectivity index (χ2v) is 7.42. The minimum absolute atomic E-state index is 0.148. The number of carboxylic acid groups (broad SMARTS) is 1. The summed E-state index contributed by atoms with van der Waals surface area (Å²) in [5.74, 6) is -1.68. The lowest BCUT2D eigenvalue weighted by Crippen LogP contribution is -2.36. The molecule has 1 aliphatic rings. The third-order valence-corrected chi connectivity index (χ3v) is 5.68. The number of hydrogen-bond acceptors (Lipinski definition) is 3. The topological polar surface area (TPSA) is 66.4 Å². The van der Waals surface area contributed by atoms with E-state index in [4.69, 9.17) is 11.6 Å². The summed E-state index contributed by atoms with van der Waals surface area (Å²) < 4.78 is 0.682. The fourth-order valence-corrected chi connectivity index (χ4v) is 4.05. The zero-order chi connectivity index (χ0) is 15.6. The van der Waals surface area contributed by atoms with Gasteiger partial charge in [-0.25, -0.2) is 0 Å². The van der Waals surface area contributed by atoms with Gasteiger partial charge in [0.25, 0.3) is 0 Å². The smallest absolute Gasteiger partial charge is 0.307 e. The molecule has 0 radical (unpaired) electrons. The molecule has 1 heterocycles. The van der Waals surface area contributed by atoms with Crippen molar-refractivity contribution in [2.75, 3.05) is 0 Å². The van der Waals surface area contributed by atoms with E-state index in [-0.39, 0.29) is 11.9 Å². The number of hydrogen-bond donors (Lipinski definition) is 2. The van der Waals surface area contributed by atoms with Gasteiger partial charge in [0.15, 0.2) is 0 Å². The van der Waals surface area contributed by atoms with Gasteiger partial charge in [-0.1, -0.05) is 24.9 Å². The highest BCUT2D eigenvalue weighted by Gasteiger charge is 2.42. The molecular weight excluding hydrogens is 310 g/mol. The third-order valence-electron chi connectivity index (χ3n) is 4.27. The highest BCUT2D eigenvalue weighted by atomic mass is 35.5. The molecule has 0 aromatic carbocycles. The molecule has 6 heteroatoms. The van der Waals surface area contributed by atoms with E-state index in [1.807, 2.05) is 19.9 Å². The Hall–Kier alpha value is -1.07. The van der Waals surface area contributed by atoms with E-state index in [1.54, 1.807) is 6.07 Å². The predicted molar refractivity (Wildman–Crippen MR) is 83.5 cm³/mol. The third kappa shape index (κ3) is 3.77. The van der Waals surface area contributed by atoms with Crippen LogP contribution in [0.1, 0.15) is 44.0 Å². The molecule has 2 N–H and O–H groups in total. The van der Waals surface area contributed by atoms with E-state index in [1.165, 1.54) is 11.3 Å². The van der Waals surface area contributed by atoms with Gasteiger partial charge in [-0.15, -0.1) is 11.3 Å². The van der Waals surface area contributed by atoms with Crippen molar-refractivity contribution in [3.63, 3.8) is 0 Å². The second kappa shape index (κ2) is 6.79. The van der Waals surface area contributed by atoms with Crippen LogP contribution in [0.15, 0.2) is 12.1 Å². The van der Waals surface area contributed by atoms with Crippen LogP contribution in [0.4, 0.5) is 0 Å². The second-order valence-electron chi connectivity index (χ2n) is 5.67. The number of carbonyl (C=O) groups excluding carboxylic acids is 1. The zero-order valence-electron chi connectivity index (χ0n) is 12.1. The van der Waals surface area contributed by atoms with Crippen molar-refractivity contribution in [1.82, 2.24) is 5.32 Å². The lowest BCUT2D eigenvalue weighted by Gasteiger charge is -2.19. The summed E-state index contributed by atoms with van der Waals surface area (Å²) in [4.78, 5) is 24.7. The molecule has 1 amide bonds. The lowest BCUT2D eigenvalue weighted by atomic mass is 9.95. The van der Waals surface area contributed by atoms with Crippen LogP contribution >= 0.6 is 22.9 Å². The van der Waals surface area contributed by atoms with Gasteiger partial charge >= 0.3 is 5.97 Å². The van der Waals surface area contributed by atoms with Crippen molar-refractivity contribution in [3.8, 4) is 0 Å². The Bertz CT molecular complexity index is 531.